The average Bonchev–Trinajstić information content (AvgIpc) is 2.81. The van der Waals surface area contributed by atoms with Crippen LogP contribution in [0.15, 0.2) is 30.5 Å². The van der Waals surface area contributed by atoms with E-state index in [-0.39, 0.29) is 5.91 Å². The molecule has 1 aromatic carbocycles. The van der Waals surface area contributed by atoms with E-state index in [4.69, 9.17) is 4.74 Å². The number of hydrogen-bond donors (Lipinski definition) is 2. The highest BCUT2D eigenvalue weighted by Gasteiger charge is 2.14. The number of aryl methyl sites for hydroxylation is 2. The molecule has 5 nitrogen and oxygen atoms in total. The van der Waals surface area contributed by atoms with Gasteiger partial charge in [0, 0.05) is 17.8 Å². The fourth-order valence-corrected chi connectivity index (χ4v) is 1.83. The number of hydrogen-bond acceptors (Lipinski definition) is 3. The lowest BCUT2D eigenvalue weighted by Crippen LogP contribution is -2.35. The minimum Gasteiger partial charge on any atom is -0.481 e. The fraction of sp³-hybridized carbons (Fsp3) is 0.333. The number of nitrogens with one attached hydrogen (secondary N) is 2. The van der Waals surface area contributed by atoms with Crippen LogP contribution < -0.4 is 10.1 Å². The number of rotatable bonds is 5. The van der Waals surface area contributed by atoms with E-state index in [0.717, 1.165) is 16.8 Å². The van der Waals surface area contributed by atoms with Gasteiger partial charge in [0.1, 0.15) is 5.75 Å². The number of benzene rings is 1. The SMILES string of the molecule is Cc1cccc(OC(C)C(=O)NCc2cn[nH]c2C)c1. The van der Waals surface area contributed by atoms with Crippen LogP contribution in [0.1, 0.15) is 23.7 Å². The molecular formula is C15H19N3O2. The summed E-state index contributed by atoms with van der Waals surface area (Å²) in [5.74, 6) is 0.555. The van der Waals surface area contributed by atoms with Crippen LogP contribution in [0.3, 0.4) is 0 Å². The highest BCUT2D eigenvalue weighted by molar-refractivity contribution is 5.80. The van der Waals surface area contributed by atoms with Crippen molar-refractivity contribution in [2.45, 2.75) is 33.4 Å². The van der Waals surface area contributed by atoms with Crippen molar-refractivity contribution < 1.29 is 9.53 Å². The molecule has 0 saturated heterocycles. The number of carbonyl (C=O) groups is 1. The van der Waals surface area contributed by atoms with Gasteiger partial charge >= 0.3 is 0 Å². The number of amides is 1. The zero-order valence-corrected chi connectivity index (χ0v) is 11.9. The Morgan fingerprint density at radius 2 is 2.25 bits per heavy atom. The molecule has 1 heterocycles. The minimum absolute atomic E-state index is 0.146. The Hall–Kier alpha value is -2.30. The predicted octanol–water partition coefficient (Wildman–Crippen LogP) is 2.11. The second kappa shape index (κ2) is 6.23. The van der Waals surface area contributed by atoms with Gasteiger partial charge in [0.15, 0.2) is 6.10 Å². The molecule has 1 amide bonds. The van der Waals surface area contributed by atoms with Crippen LogP contribution >= 0.6 is 0 Å². The maximum absolute atomic E-state index is 12.0. The van der Waals surface area contributed by atoms with Gasteiger partial charge in [-0.25, -0.2) is 0 Å². The first-order chi connectivity index (χ1) is 9.56. The maximum atomic E-state index is 12.0. The van der Waals surface area contributed by atoms with Crippen LogP contribution in [-0.4, -0.2) is 22.2 Å². The van der Waals surface area contributed by atoms with Crippen molar-refractivity contribution in [3.8, 4) is 5.75 Å². The van der Waals surface area contributed by atoms with Crippen LogP contribution in [-0.2, 0) is 11.3 Å². The van der Waals surface area contributed by atoms with E-state index in [1.165, 1.54) is 0 Å². The zero-order valence-electron chi connectivity index (χ0n) is 11.9. The molecule has 1 atom stereocenters. The molecule has 20 heavy (non-hydrogen) atoms. The molecule has 2 rings (SSSR count). The standard InChI is InChI=1S/C15H19N3O2/c1-10-5-4-6-14(7-10)20-12(3)15(19)16-8-13-9-17-18-11(13)2/h4-7,9,12H,8H2,1-3H3,(H,16,19)(H,17,18). The Labute approximate surface area is 118 Å². The van der Waals surface area contributed by atoms with Gasteiger partial charge in [0.2, 0.25) is 0 Å². The summed E-state index contributed by atoms with van der Waals surface area (Å²) in [6.45, 7) is 6.09. The van der Waals surface area contributed by atoms with E-state index < -0.39 is 6.10 Å². The number of aromatic amines is 1. The first kappa shape index (κ1) is 14.1. The van der Waals surface area contributed by atoms with E-state index in [2.05, 4.69) is 15.5 Å². The first-order valence-corrected chi connectivity index (χ1v) is 6.56. The van der Waals surface area contributed by atoms with Crippen molar-refractivity contribution in [3.63, 3.8) is 0 Å². The summed E-state index contributed by atoms with van der Waals surface area (Å²) in [4.78, 5) is 12.0. The van der Waals surface area contributed by atoms with Crippen LogP contribution in [0.4, 0.5) is 0 Å². The van der Waals surface area contributed by atoms with Crippen molar-refractivity contribution in [1.29, 1.82) is 0 Å². The molecule has 106 valence electrons. The largest absolute Gasteiger partial charge is 0.481 e. The Balaban J connectivity index is 1.87. The van der Waals surface area contributed by atoms with Crippen molar-refractivity contribution in [3.05, 3.63) is 47.3 Å². The van der Waals surface area contributed by atoms with Crippen LogP contribution in [0.25, 0.3) is 0 Å². The van der Waals surface area contributed by atoms with Crippen molar-refractivity contribution in [1.82, 2.24) is 15.5 Å². The third-order valence-corrected chi connectivity index (χ3v) is 3.06. The van der Waals surface area contributed by atoms with Crippen molar-refractivity contribution >= 4 is 5.91 Å². The number of H-pyrrole nitrogens is 1. The van der Waals surface area contributed by atoms with E-state index in [0.29, 0.717) is 12.3 Å². The third-order valence-electron chi connectivity index (χ3n) is 3.06. The number of carbonyl (C=O) groups excluding carboxylic acids is 1. The number of aromatic nitrogens is 2. The van der Waals surface area contributed by atoms with E-state index in [1.54, 1.807) is 13.1 Å². The van der Waals surface area contributed by atoms with E-state index in [1.807, 2.05) is 38.1 Å². The minimum atomic E-state index is -0.538. The van der Waals surface area contributed by atoms with Crippen LogP contribution in [0.2, 0.25) is 0 Å². The summed E-state index contributed by atoms with van der Waals surface area (Å²) in [5.41, 5.74) is 3.03. The molecule has 0 aliphatic heterocycles. The van der Waals surface area contributed by atoms with Gasteiger partial charge in [0.05, 0.1) is 6.20 Å². The Morgan fingerprint density at radius 3 is 2.90 bits per heavy atom. The molecular weight excluding hydrogens is 254 g/mol. The summed E-state index contributed by atoms with van der Waals surface area (Å²) < 4.78 is 5.62. The van der Waals surface area contributed by atoms with Gasteiger partial charge in [-0.1, -0.05) is 12.1 Å². The highest BCUT2D eigenvalue weighted by Crippen LogP contribution is 2.14. The molecule has 0 fully saturated rings. The van der Waals surface area contributed by atoms with Crippen molar-refractivity contribution in [2.24, 2.45) is 0 Å². The molecule has 0 bridgehead atoms. The quantitative estimate of drug-likeness (QED) is 0.876. The van der Waals surface area contributed by atoms with Crippen molar-refractivity contribution in [2.75, 3.05) is 0 Å². The molecule has 1 aromatic heterocycles. The Kier molecular flexibility index (Phi) is 4.40. The molecule has 2 aromatic rings. The maximum Gasteiger partial charge on any atom is 0.261 e. The average molecular weight is 273 g/mol. The topological polar surface area (TPSA) is 67.0 Å². The first-order valence-electron chi connectivity index (χ1n) is 6.56. The summed E-state index contributed by atoms with van der Waals surface area (Å²) in [6.07, 6.45) is 1.17. The molecule has 0 spiro atoms. The zero-order chi connectivity index (χ0) is 14.5. The monoisotopic (exact) mass is 273 g/mol. The molecule has 1 unspecified atom stereocenters. The summed E-state index contributed by atoms with van der Waals surface area (Å²) in [7, 11) is 0. The third kappa shape index (κ3) is 3.60. The number of nitrogens with zero attached hydrogens (tertiary/aromatic N) is 1. The van der Waals surface area contributed by atoms with Gasteiger partial charge in [-0.15, -0.1) is 0 Å². The van der Waals surface area contributed by atoms with Gasteiger partial charge in [-0.2, -0.15) is 5.10 Å². The molecule has 0 aliphatic rings. The van der Waals surface area contributed by atoms with Crippen LogP contribution in [0.5, 0.6) is 5.75 Å². The lowest BCUT2D eigenvalue weighted by Gasteiger charge is -2.15. The smallest absolute Gasteiger partial charge is 0.261 e. The normalized spacial score (nSPS) is 11.9. The van der Waals surface area contributed by atoms with Gasteiger partial charge in [0.25, 0.3) is 5.91 Å². The molecule has 2 N–H and O–H groups in total. The van der Waals surface area contributed by atoms with E-state index in [9.17, 15) is 4.79 Å². The summed E-state index contributed by atoms with van der Waals surface area (Å²) in [5, 5.41) is 9.59. The molecule has 0 saturated carbocycles. The van der Waals surface area contributed by atoms with Gasteiger partial charge in [-0.05, 0) is 38.5 Å². The lowest BCUT2D eigenvalue weighted by molar-refractivity contribution is -0.127. The lowest BCUT2D eigenvalue weighted by atomic mass is 10.2. The summed E-state index contributed by atoms with van der Waals surface area (Å²) >= 11 is 0. The second-order valence-electron chi connectivity index (χ2n) is 4.81. The van der Waals surface area contributed by atoms with Gasteiger partial charge in [-0.3, -0.25) is 9.89 Å². The Bertz CT molecular complexity index is 592. The highest BCUT2D eigenvalue weighted by atomic mass is 16.5. The molecule has 5 heteroatoms. The number of ether oxygens (including phenoxy) is 1. The molecule has 0 radical (unpaired) electrons. The Morgan fingerprint density at radius 1 is 1.45 bits per heavy atom. The predicted molar refractivity (Wildman–Crippen MR) is 76.4 cm³/mol. The fourth-order valence-electron chi connectivity index (χ4n) is 1.83. The second-order valence-corrected chi connectivity index (χ2v) is 4.81. The summed E-state index contributed by atoms with van der Waals surface area (Å²) in [6, 6.07) is 7.64. The van der Waals surface area contributed by atoms with Crippen LogP contribution in [0, 0.1) is 13.8 Å². The molecule has 0 aliphatic carbocycles. The van der Waals surface area contributed by atoms with E-state index >= 15 is 0 Å². The van der Waals surface area contributed by atoms with Gasteiger partial charge < -0.3 is 10.1 Å².